The van der Waals surface area contributed by atoms with Crippen LogP contribution < -0.4 is 33.6 Å². The van der Waals surface area contributed by atoms with Gasteiger partial charge in [0.05, 0.1) is 12.1 Å². The van der Waals surface area contributed by atoms with E-state index in [-0.39, 0.29) is 0 Å². The van der Waals surface area contributed by atoms with Crippen molar-refractivity contribution in [1.29, 1.82) is 0 Å². The molecule has 0 aromatic carbocycles. The zero-order chi connectivity index (χ0) is 24.2. The van der Waals surface area contributed by atoms with Gasteiger partial charge in [0.1, 0.15) is 0 Å². The molecular weight excluding hydrogens is 428 g/mol. The number of hydrogen-bond acceptors (Lipinski definition) is 4. The highest BCUT2D eigenvalue weighted by Crippen LogP contribution is 2.29. The molecule has 0 saturated heterocycles. The van der Waals surface area contributed by atoms with Crippen molar-refractivity contribution in [3.63, 3.8) is 0 Å². The number of nitrogens with two attached hydrogens (primary N) is 4. The van der Waals surface area contributed by atoms with Gasteiger partial charge in [-0.3, -0.25) is 20.6 Å². The van der Waals surface area contributed by atoms with Crippen molar-refractivity contribution in [3.05, 3.63) is 0 Å². The third-order valence-electron chi connectivity index (χ3n) is 7.24. The maximum Gasteiger partial charge on any atom is 0.195 e. The van der Waals surface area contributed by atoms with Crippen LogP contribution in [0.15, 0.2) is 20.0 Å². The lowest BCUT2D eigenvalue weighted by atomic mass is 9.81. The molecule has 0 amide bonds. The van der Waals surface area contributed by atoms with E-state index in [1.165, 1.54) is 38.5 Å². The van der Waals surface area contributed by atoms with Crippen molar-refractivity contribution >= 4 is 23.8 Å². The quantitative estimate of drug-likeness (QED) is 0.253. The summed E-state index contributed by atoms with van der Waals surface area (Å²) >= 11 is 0. The van der Waals surface area contributed by atoms with Gasteiger partial charge in [0.15, 0.2) is 23.8 Å². The Morgan fingerprint density at radius 3 is 1.35 bits per heavy atom. The molecule has 0 aliphatic heterocycles. The fourth-order valence-corrected chi connectivity index (χ4v) is 5.41. The first-order valence-electron chi connectivity index (χ1n) is 13.3. The van der Waals surface area contributed by atoms with Gasteiger partial charge in [0.2, 0.25) is 0 Å². The lowest BCUT2D eigenvalue weighted by Crippen LogP contribution is -2.43. The van der Waals surface area contributed by atoms with E-state index in [2.05, 4.69) is 30.6 Å². The van der Waals surface area contributed by atoms with Crippen LogP contribution in [0, 0.1) is 11.8 Å². The highest BCUT2D eigenvalue weighted by Gasteiger charge is 2.22. The molecular formula is C24H46N10. The van der Waals surface area contributed by atoms with Crippen LogP contribution in [0.2, 0.25) is 0 Å². The van der Waals surface area contributed by atoms with Crippen LogP contribution in [0.5, 0.6) is 0 Å². The van der Waals surface area contributed by atoms with E-state index in [1.54, 1.807) is 0 Å². The SMILES string of the molecule is NC(=NCC1CCCC(CN=C(N)NC(N)=NC2CCCCC2)C1)NC(N)=NC1CCCCC1. The van der Waals surface area contributed by atoms with Crippen LogP contribution >= 0.6 is 0 Å². The average Bonchev–Trinajstić information content (AvgIpc) is 2.83. The summed E-state index contributed by atoms with van der Waals surface area (Å²) in [5, 5.41) is 5.90. The van der Waals surface area contributed by atoms with E-state index in [9.17, 15) is 0 Å². The molecule has 34 heavy (non-hydrogen) atoms. The molecule has 3 aliphatic rings. The third-order valence-corrected chi connectivity index (χ3v) is 7.24. The van der Waals surface area contributed by atoms with Gasteiger partial charge in [-0.1, -0.05) is 44.9 Å². The molecule has 0 bridgehead atoms. The van der Waals surface area contributed by atoms with Gasteiger partial charge in [0, 0.05) is 13.1 Å². The Hall–Kier alpha value is -2.52. The fourth-order valence-electron chi connectivity index (χ4n) is 5.41. The predicted octanol–water partition coefficient (Wildman–Crippen LogP) is 1.90. The number of rotatable bonds is 6. The first kappa shape index (κ1) is 26.1. The van der Waals surface area contributed by atoms with Crippen molar-refractivity contribution in [1.82, 2.24) is 10.6 Å². The van der Waals surface area contributed by atoms with Crippen molar-refractivity contribution < 1.29 is 0 Å². The maximum atomic E-state index is 6.05. The van der Waals surface area contributed by atoms with Crippen LogP contribution in [0.4, 0.5) is 0 Å². The molecule has 0 aromatic rings. The lowest BCUT2D eigenvalue weighted by Gasteiger charge is -2.27. The Bertz CT molecular complexity index is 672. The minimum atomic E-state index is 0.310. The molecule has 3 rings (SSSR count). The molecule has 0 heterocycles. The molecule has 10 nitrogen and oxygen atoms in total. The summed E-state index contributed by atoms with van der Waals surface area (Å²) in [7, 11) is 0. The Morgan fingerprint density at radius 2 is 0.941 bits per heavy atom. The zero-order valence-corrected chi connectivity index (χ0v) is 20.7. The van der Waals surface area contributed by atoms with Gasteiger partial charge in [-0.05, 0) is 56.8 Å². The monoisotopic (exact) mass is 474 g/mol. The molecule has 192 valence electrons. The number of nitrogens with zero attached hydrogens (tertiary/aromatic N) is 4. The Labute approximate surface area is 204 Å². The van der Waals surface area contributed by atoms with E-state index < -0.39 is 0 Å². The van der Waals surface area contributed by atoms with Crippen molar-refractivity contribution in [2.75, 3.05) is 13.1 Å². The smallest absolute Gasteiger partial charge is 0.195 e. The highest BCUT2D eigenvalue weighted by molar-refractivity contribution is 5.97. The summed E-state index contributed by atoms with van der Waals surface area (Å²) in [5.74, 6) is 2.41. The van der Waals surface area contributed by atoms with Crippen LogP contribution in [-0.2, 0) is 0 Å². The number of hydrogen-bond donors (Lipinski definition) is 6. The van der Waals surface area contributed by atoms with Crippen molar-refractivity contribution in [2.24, 2.45) is 54.7 Å². The van der Waals surface area contributed by atoms with E-state index in [0.717, 1.165) is 51.4 Å². The molecule has 3 aliphatic carbocycles. The standard InChI is InChI=1S/C24H46N10/c25-21(33-23(27)31-19-10-3-1-4-11-19)29-15-17-8-7-9-18(14-17)16-30-22(26)34-24(28)32-20-12-5-2-6-13-20/h17-20H,1-16H2,(H5,25,27,29,31,33)(H5,26,28,30,32,34). The van der Waals surface area contributed by atoms with Gasteiger partial charge < -0.3 is 22.9 Å². The summed E-state index contributed by atoms with van der Waals surface area (Å²) < 4.78 is 0. The minimum Gasteiger partial charge on any atom is -0.370 e. The minimum absolute atomic E-state index is 0.310. The van der Waals surface area contributed by atoms with E-state index in [4.69, 9.17) is 22.9 Å². The molecule has 2 atom stereocenters. The lowest BCUT2D eigenvalue weighted by molar-refractivity contribution is 0.278. The van der Waals surface area contributed by atoms with Gasteiger partial charge in [0.25, 0.3) is 0 Å². The first-order valence-corrected chi connectivity index (χ1v) is 13.3. The van der Waals surface area contributed by atoms with Crippen LogP contribution in [0.1, 0.15) is 89.9 Å². The molecule has 3 saturated carbocycles. The largest absolute Gasteiger partial charge is 0.370 e. The summed E-state index contributed by atoms with van der Waals surface area (Å²) in [5.41, 5.74) is 24.1. The summed E-state index contributed by atoms with van der Waals surface area (Å²) in [6, 6.07) is 0.619. The second-order valence-electron chi connectivity index (χ2n) is 10.2. The Morgan fingerprint density at radius 1 is 0.529 bits per heavy atom. The van der Waals surface area contributed by atoms with E-state index >= 15 is 0 Å². The molecule has 2 unspecified atom stereocenters. The molecule has 10 N–H and O–H groups in total. The zero-order valence-electron chi connectivity index (χ0n) is 20.7. The second-order valence-corrected chi connectivity index (χ2v) is 10.2. The van der Waals surface area contributed by atoms with Crippen LogP contribution in [0.25, 0.3) is 0 Å². The predicted molar refractivity (Wildman–Crippen MR) is 142 cm³/mol. The fraction of sp³-hybridized carbons (Fsp3) is 0.833. The normalized spacial score (nSPS) is 26.9. The van der Waals surface area contributed by atoms with Crippen molar-refractivity contribution in [2.45, 2.75) is 102 Å². The average molecular weight is 475 g/mol. The van der Waals surface area contributed by atoms with Gasteiger partial charge in [-0.15, -0.1) is 0 Å². The van der Waals surface area contributed by atoms with Crippen LogP contribution in [0.3, 0.4) is 0 Å². The molecule has 0 aromatic heterocycles. The number of aliphatic imine (C=N–C) groups is 4. The number of nitrogens with one attached hydrogen (secondary N) is 2. The van der Waals surface area contributed by atoms with Gasteiger partial charge >= 0.3 is 0 Å². The molecule has 10 heteroatoms. The molecule has 3 fully saturated rings. The maximum absolute atomic E-state index is 6.05. The van der Waals surface area contributed by atoms with Crippen molar-refractivity contribution in [3.8, 4) is 0 Å². The second kappa shape index (κ2) is 14.0. The Balaban J connectivity index is 1.39. The summed E-state index contributed by atoms with van der Waals surface area (Å²) in [6.07, 6.45) is 16.4. The van der Waals surface area contributed by atoms with E-state index in [1.807, 2.05) is 0 Å². The van der Waals surface area contributed by atoms with Gasteiger partial charge in [-0.2, -0.15) is 0 Å². The molecule has 0 radical (unpaired) electrons. The Kier molecular flexibility index (Phi) is 10.8. The number of guanidine groups is 4. The topological polar surface area (TPSA) is 178 Å². The molecule has 0 spiro atoms. The van der Waals surface area contributed by atoms with E-state index in [0.29, 0.717) is 60.8 Å². The van der Waals surface area contributed by atoms with Crippen LogP contribution in [-0.4, -0.2) is 49.0 Å². The summed E-state index contributed by atoms with van der Waals surface area (Å²) in [6.45, 7) is 1.37. The van der Waals surface area contributed by atoms with Gasteiger partial charge in [-0.25, -0.2) is 9.98 Å². The third kappa shape index (κ3) is 9.77. The highest BCUT2D eigenvalue weighted by atomic mass is 15.2. The first-order chi connectivity index (χ1) is 16.5. The summed E-state index contributed by atoms with van der Waals surface area (Å²) in [4.78, 5) is 18.1.